The number of nitrogens with one attached hydrogen (secondary N) is 1. The van der Waals surface area contributed by atoms with Gasteiger partial charge in [-0.1, -0.05) is 30.3 Å². The summed E-state index contributed by atoms with van der Waals surface area (Å²) >= 11 is 0. The number of amides is 6. The molecule has 2 fully saturated rings. The lowest BCUT2D eigenvalue weighted by Gasteiger charge is -2.22. The van der Waals surface area contributed by atoms with Crippen LogP contribution in [0.2, 0.25) is 0 Å². The SMILES string of the molecule is O=C(CN(CC(=O)ON1C(=O)CCC1=O)C(=O)CCNC(=O)OCc1ccccc1)ON1C(=O)CCC1=O. The van der Waals surface area contributed by atoms with E-state index < -0.39 is 67.1 Å². The van der Waals surface area contributed by atoms with Gasteiger partial charge in [-0.2, -0.15) is 0 Å². The number of hydrogen-bond acceptors (Lipinski definition) is 11. The van der Waals surface area contributed by atoms with Crippen molar-refractivity contribution in [1.82, 2.24) is 20.3 Å². The number of hydrogen-bond donors (Lipinski definition) is 1. The molecule has 1 aromatic carbocycles. The van der Waals surface area contributed by atoms with E-state index in [0.29, 0.717) is 4.90 Å². The summed E-state index contributed by atoms with van der Waals surface area (Å²) < 4.78 is 5.03. The standard InChI is InChI=1S/C23H24N4O11/c28-16(10-11-24-23(35)36-14-15-4-2-1-3-5-15)25(12-21(33)37-26-17(29)6-7-18(26)30)13-22(34)38-27-19(31)8-9-20(27)32/h1-5H,6-14H2,(H,24,35). The molecule has 1 aromatic rings. The van der Waals surface area contributed by atoms with Gasteiger partial charge in [0.15, 0.2) is 0 Å². The van der Waals surface area contributed by atoms with Gasteiger partial charge in [0.1, 0.15) is 19.7 Å². The Morgan fingerprint density at radius 3 is 1.71 bits per heavy atom. The predicted octanol–water partition coefficient (Wildman–Crippen LogP) is -0.654. The van der Waals surface area contributed by atoms with Gasteiger partial charge >= 0.3 is 18.0 Å². The second-order valence-electron chi connectivity index (χ2n) is 8.08. The van der Waals surface area contributed by atoms with Crippen molar-refractivity contribution in [2.75, 3.05) is 19.6 Å². The first-order chi connectivity index (χ1) is 18.1. The average Bonchev–Trinajstić information content (AvgIpc) is 3.37. The zero-order chi connectivity index (χ0) is 27.7. The van der Waals surface area contributed by atoms with Crippen LogP contribution in [0.4, 0.5) is 4.79 Å². The molecule has 2 saturated heterocycles. The van der Waals surface area contributed by atoms with E-state index in [0.717, 1.165) is 5.56 Å². The molecule has 0 radical (unpaired) electrons. The van der Waals surface area contributed by atoms with Crippen molar-refractivity contribution in [3.05, 3.63) is 35.9 Å². The summed E-state index contributed by atoms with van der Waals surface area (Å²) in [6.07, 6.45) is -1.81. The van der Waals surface area contributed by atoms with Crippen molar-refractivity contribution in [2.45, 2.75) is 38.7 Å². The third-order valence-electron chi connectivity index (χ3n) is 5.21. The van der Waals surface area contributed by atoms with E-state index in [1.807, 2.05) is 0 Å². The number of benzene rings is 1. The fourth-order valence-corrected chi connectivity index (χ4v) is 3.32. The summed E-state index contributed by atoms with van der Waals surface area (Å²) in [5, 5.41) is 2.90. The normalized spacial score (nSPS) is 14.9. The van der Waals surface area contributed by atoms with Gasteiger partial charge in [0, 0.05) is 38.6 Å². The molecule has 202 valence electrons. The molecule has 15 nitrogen and oxygen atoms in total. The smallest absolute Gasteiger partial charge is 0.407 e. The van der Waals surface area contributed by atoms with Crippen LogP contribution in [-0.2, 0) is 54.6 Å². The van der Waals surface area contributed by atoms with Crippen LogP contribution >= 0.6 is 0 Å². The maximum Gasteiger partial charge on any atom is 0.407 e. The highest BCUT2D eigenvalue weighted by molar-refractivity contribution is 6.02. The minimum atomic E-state index is -1.21. The van der Waals surface area contributed by atoms with Gasteiger partial charge in [-0.15, -0.1) is 10.1 Å². The van der Waals surface area contributed by atoms with Gasteiger partial charge in [-0.25, -0.2) is 14.4 Å². The maximum atomic E-state index is 12.7. The molecule has 0 spiro atoms. The van der Waals surface area contributed by atoms with Crippen LogP contribution in [0, 0.1) is 0 Å². The molecule has 38 heavy (non-hydrogen) atoms. The highest BCUT2D eigenvalue weighted by Crippen LogP contribution is 2.14. The van der Waals surface area contributed by atoms with E-state index in [1.54, 1.807) is 30.3 Å². The van der Waals surface area contributed by atoms with Crippen LogP contribution in [0.5, 0.6) is 0 Å². The first kappa shape index (κ1) is 27.8. The minimum absolute atomic E-state index is 0.00763. The van der Waals surface area contributed by atoms with Crippen LogP contribution in [-0.4, -0.2) is 82.2 Å². The van der Waals surface area contributed by atoms with Crippen molar-refractivity contribution >= 4 is 47.6 Å². The molecular weight excluding hydrogens is 508 g/mol. The van der Waals surface area contributed by atoms with E-state index in [2.05, 4.69) is 5.32 Å². The quantitative estimate of drug-likeness (QED) is 0.357. The van der Waals surface area contributed by atoms with Crippen molar-refractivity contribution in [1.29, 1.82) is 0 Å². The molecule has 3 rings (SSSR count). The van der Waals surface area contributed by atoms with Crippen LogP contribution in [0.1, 0.15) is 37.7 Å². The van der Waals surface area contributed by atoms with Crippen LogP contribution in [0.15, 0.2) is 30.3 Å². The molecule has 2 heterocycles. The Bertz CT molecular complexity index is 1050. The molecule has 0 atom stereocenters. The van der Waals surface area contributed by atoms with Gasteiger partial charge < -0.3 is 24.6 Å². The summed E-state index contributed by atoms with van der Waals surface area (Å²) in [5.74, 6) is -6.23. The van der Waals surface area contributed by atoms with Gasteiger partial charge in [0.2, 0.25) is 5.91 Å². The number of rotatable bonds is 11. The number of carbonyl (C=O) groups is 8. The van der Waals surface area contributed by atoms with E-state index in [1.165, 1.54) is 0 Å². The molecular formula is C23H24N4O11. The first-order valence-electron chi connectivity index (χ1n) is 11.5. The average molecular weight is 532 g/mol. The monoisotopic (exact) mass is 532 g/mol. The maximum absolute atomic E-state index is 12.7. The first-order valence-corrected chi connectivity index (χ1v) is 11.5. The van der Waals surface area contributed by atoms with E-state index in [4.69, 9.17) is 14.4 Å². The van der Waals surface area contributed by atoms with Crippen molar-refractivity contribution in [2.24, 2.45) is 0 Å². The topological polar surface area (TPSA) is 186 Å². The lowest BCUT2D eigenvalue weighted by Crippen LogP contribution is -2.45. The highest BCUT2D eigenvalue weighted by atomic mass is 16.7. The second-order valence-corrected chi connectivity index (χ2v) is 8.08. The lowest BCUT2D eigenvalue weighted by atomic mass is 10.2. The molecule has 0 unspecified atom stereocenters. The number of imide groups is 2. The zero-order valence-electron chi connectivity index (χ0n) is 20.1. The Balaban J connectivity index is 1.54. The van der Waals surface area contributed by atoms with Crippen molar-refractivity contribution < 1.29 is 52.8 Å². The van der Waals surface area contributed by atoms with Gasteiger partial charge in [-0.3, -0.25) is 24.0 Å². The third-order valence-corrected chi connectivity index (χ3v) is 5.21. The summed E-state index contributed by atoms with van der Waals surface area (Å²) in [6, 6.07) is 8.84. The summed E-state index contributed by atoms with van der Waals surface area (Å²) in [4.78, 5) is 106. The molecule has 0 aromatic heterocycles. The van der Waals surface area contributed by atoms with Gasteiger partial charge in [0.05, 0.1) is 0 Å². The Hall–Kier alpha value is -4.82. The third kappa shape index (κ3) is 7.84. The molecule has 2 aliphatic heterocycles. The van der Waals surface area contributed by atoms with Crippen LogP contribution in [0.3, 0.4) is 0 Å². The number of ether oxygens (including phenoxy) is 1. The Labute approximate surface area is 215 Å². The number of alkyl carbamates (subject to hydrolysis) is 1. The zero-order valence-corrected chi connectivity index (χ0v) is 20.1. The fourth-order valence-electron chi connectivity index (χ4n) is 3.32. The minimum Gasteiger partial charge on any atom is -0.445 e. The Morgan fingerprint density at radius 2 is 1.24 bits per heavy atom. The summed E-state index contributed by atoms with van der Waals surface area (Å²) in [5.41, 5.74) is 0.742. The molecule has 2 aliphatic rings. The van der Waals surface area contributed by atoms with Gasteiger partial charge in [0.25, 0.3) is 23.6 Å². The highest BCUT2D eigenvalue weighted by Gasteiger charge is 2.35. The van der Waals surface area contributed by atoms with Gasteiger partial charge in [-0.05, 0) is 5.56 Å². The predicted molar refractivity (Wildman–Crippen MR) is 120 cm³/mol. The fraction of sp³-hybridized carbons (Fsp3) is 0.391. The second kappa shape index (κ2) is 12.9. The molecule has 6 amide bonds. The molecule has 0 bridgehead atoms. The van der Waals surface area contributed by atoms with Crippen LogP contribution < -0.4 is 5.32 Å². The summed E-state index contributed by atoms with van der Waals surface area (Å²) in [6.45, 7) is -2.01. The largest absolute Gasteiger partial charge is 0.445 e. The number of carbonyl (C=O) groups excluding carboxylic acids is 8. The van der Waals surface area contributed by atoms with Crippen LogP contribution in [0.25, 0.3) is 0 Å². The van der Waals surface area contributed by atoms with Crippen molar-refractivity contribution in [3.8, 4) is 0 Å². The molecule has 1 N–H and O–H groups in total. The molecule has 0 saturated carbocycles. The molecule has 0 aliphatic carbocycles. The summed E-state index contributed by atoms with van der Waals surface area (Å²) in [7, 11) is 0. The van der Waals surface area contributed by atoms with Crippen molar-refractivity contribution in [3.63, 3.8) is 0 Å². The Morgan fingerprint density at radius 1 is 0.763 bits per heavy atom. The number of nitrogens with zero attached hydrogens (tertiary/aromatic N) is 3. The van der Waals surface area contributed by atoms with E-state index in [9.17, 15) is 38.4 Å². The Kier molecular flexibility index (Phi) is 9.45. The number of hydroxylamine groups is 4. The van der Waals surface area contributed by atoms with E-state index in [-0.39, 0.29) is 49.0 Å². The lowest BCUT2D eigenvalue weighted by molar-refractivity contribution is -0.201. The molecule has 15 heteroatoms. The van der Waals surface area contributed by atoms with E-state index >= 15 is 0 Å².